The third-order valence-electron chi connectivity index (χ3n) is 2.62. The van der Waals surface area contributed by atoms with Crippen molar-refractivity contribution in [3.8, 4) is 0 Å². The fourth-order valence-corrected chi connectivity index (χ4v) is 1.73. The van der Waals surface area contributed by atoms with Crippen LogP contribution in [0.4, 0.5) is 0 Å². The first kappa shape index (κ1) is 20.0. The standard InChI is InChI=1S/C14H21ClN4O.HI/c1-3-8-17-13(20)10-19-14(16-2)18-9-11-6-4-5-7-12(11)15;/h4-7H,3,8-10H2,1-2H3,(H,17,20)(H2,16,18,19);1H. The van der Waals surface area contributed by atoms with Crippen molar-refractivity contribution in [1.82, 2.24) is 16.0 Å². The number of halogens is 2. The highest BCUT2D eigenvalue weighted by atomic mass is 127. The zero-order valence-corrected chi connectivity index (χ0v) is 15.4. The van der Waals surface area contributed by atoms with E-state index in [1.54, 1.807) is 7.05 Å². The molecule has 0 aromatic heterocycles. The number of carbonyl (C=O) groups is 1. The quantitative estimate of drug-likeness (QED) is 0.372. The SMILES string of the molecule is CCCNC(=O)CNC(=NC)NCc1ccccc1Cl.I. The number of rotatable bonds is 6. The van der Waals surface area contributed by atoms with Crippen molar-refractivity contribution < 1.29 is 4.79 Å². The van der Waals surface area contributed by atoms with Gasteiger partial charge in [0.2, 0.25) is 5.91 Å². The highest BCUT2D eigenvalue weighted by Gasteiger charge is 2.04. The Morgan fingerprint density at radius 3 is 2.57 bits per heavy atom. The number of nitrogens with one attached hydrogen (secondary N) is 3. The first-order chi connectivity index (χ1) is 9.67. The molecule has 7 heteroatoms. The summed E-state index contributed by atoms with van der Waals surface area (Å²) >= 11 is 6.07. The minimum Gasteiger partial charge on any atom is -0.355 e. The van der Waals surface area contributed by atoms with Crippen LogP contribution in [0.5, 0.6) is 0 Å². The van der Waals surface area contributed by atoms with E-state index in [-0.39, 0.29) is 36.4 Å². The number of carbonyl (C=O) groups excluding carboxylic acids is 1. The molecule has 0 spiro atoms. The third kappa shape index (κ3) is 8.11. The van der Waals surface area contributed by atoms with Gasteiger partial charge in [-0.15, -0.1) is 24.0 Å². The van der Waals surface area contributed by atoms with E-state index in [1.807, 2.05) is 31.2 Å². The van der Waals surface area contributed by atoms with Crippen molar-refractivity contribution in [2.24, 2.45) is 4.99 Å². The number of benzene rings is 1. The van der Waals surface area contributed by atoms with Crippen LogP contribution >= 0.6 is 35.6 Å². The summed E-state index contributed by atoms with van der Waals surface area (Å²) in [5.74, 6) is 0.518. The van der Waals surface area contributed by atoms with Gasteiger partial charge in [-0.25, -0.2) is 0 Å². The molecule has 0 saturated heterocycles. The third-order valence-corrected chi connectivity index (χ3v) is 2.99. The van der Waals surface area contributed by atoms with Crippen molar-refractivity contribution in [2.75, 3.05) is 20.1 Å². The van der Waals surface area contributed by atoms with E-state index < -0.39 is 0 Å². The van der Waals surface area contributed by atoms with Gasteiger partial charge in [0.05, 0.1) is 6.54 Å². The molecule has 3 N–H and O–H groups in total. The van der Waals surface area contributed by atoms with E-state index in [2.05, 4.69) is 20.9 Å². The van der Waals surface area contributed by atoms with Gasteiger partial charge in [0.1, 0.15) is 0 Å². The molecular weight excluding hydrogens is 403 g/mol. The monoisotopic (exact) mass is 424 g/mol. The molecule has 0 fully saturated rings. The molecule has 0 bridgehead atoms. The average molecular weight is 425 g/mol. The number of hydrogen-bond acceptors (Lipinski definition) is 2. The Hall–Kier alpha value is -1.02. The normalized spacial score (nSPS) is 10.5. The lowest BCUT2D eigenvalue weighted by Gasteiger charge is -2.12. The van der Waals surface area contributed by atoms with Gasteiger partial charge in [0.25, 0.3) is 0 Å². The summed E-state index contributed by atoms with van der Waals surface area (Å²) in [6, 6.07) is 7.60. The summed E-state index contributed by atoms with van der Waals surface area (Å²) in [6.07, 6.45) is 0.922. The maximum absolute atomic E-state index is 11.5. The molecule has 21 heavy (non-hydrogen) atoms. The molecule has 118 valence electrons. The molecule has 1 aromatic rings. The lowest BCUT2D eigenvalue weighted by atomic mass is 10.2. The summed E-state index contributed by atoms with van der Waals surface area (Å²) < 4.78 is 0. The first-order valence-electron chi connectivity index (χ1n) is 6.62. The Bertz CT molecular complexity index is 468. The number of nitrogens with zero attached hydrogens (tertiary/aromatic N) is 1. The minimum atomic E-state index is -0.0486. The van der Waals surface area contributed by atoms with Crippen molar-refractivity contribution in [2.45, 2.75) is 19.9 Å². The van der Waals surface area contributed by atoms with Crippen molar-refractivity contribution >= 4 is 47.4 Å². The van der Waals surface area contributed by atoms with Gasteiger partial charge in [0, 0.05) is 25.2 Å². The molecule has 1 rings (SSSR count). The van der Waals surface area contributed by atoms with Crippen LogP contribution in [0.15, 0.2) is 29.3 Å². The fraction of sp³-hybridized carbons (Fsp3) is 0.429. The summed E-state index contributed by atoms with van der Waals surface area (Å²) in [6.45, 7) is 3.45. The van der Waals surface area contributed by atoms with Crippen molar-refractivity contribution in [1.29, 1.82) is 0 Å². The molecule has 0 aliphatic carbocycles. The van der Waals surface area contributed by atoms with Crippen LogP contribution in [0.2, 0.25) is 5.02 Å². The van der Waals surface area contributed by atoms with E-state index in [4.69, 9.17) is 11.6 Å². The van der Waals surface area contributed by atoms with Gasteiger partial charge in [-0.1, -0.05) is 36.7 Å². The van der Waals surface area contributed by atoms with Crippen LogP contribution in [0.25, 0.3) is 0 Å². The predicted octanol–water partition coefficient (Wildman–Crippen LogP) is 2.15. The molecule has 0 radical (unpaired) electrons. The second kappa shape index (κ2) is 11.6. The molecule has 0 saturated carbocycles. The molecule has 0 aliphatic rings. The van der Waals surface area contributed by atoms with E-state index in [0.29, 0.717) is 24.1 Å². The number of aliphatic imine (C=N–C) groups is 1. The van der Waals surface area contributed by atoms with Gasteiger partial charge in [-0.3, -0.25) is 9.79 Å². The predicted molar refractivity (Wildman–Crippen MR) is 98.4 cm³/mol. The molecule has 5 nitrogen and oxygen atoms in total. The lowest BCUT2D eigenvalue weighted by molar-refractivity contribution is -0.120. The molecule has 0 atom stereocenters. The highest BCUT2D eigenvalue weighted by molar-refractivity contribution is 14.0. The smallest absolute Gasteiger partial charge is 0.239 e. The van der Waals surface area contributed by atoms with Crippen molar-refractivity contribution in [3.05, 3.63) is 34.9 Å². The Morgan fingerprint density at radius 1 is 1.24 bits per heavy atom. The van der Waals surface area contributed by atoms with Gasteiger partial charge in [-0.05, 0) is 18.1 Å². The second-order valence-electron chi connectivity index (χ2n) is 4.22. The Labute approximate surface area is 148 Å². The zero-order chi connectivity index (χ0) is 14.8. The van der Waals surface area contributed by atoms with E-state index in [0.717, 1.165) is 12.0 Å². The maximum Gasteiger partial charge on any atom is 0.239 e. The number of guanidine groups is 1. The van der Waals surface area contributed by atoms with Crippen LogP contribution in [0.3, 0.4) is 0 Å². The summed E-state index contributed by atoms with van der Waals surface area (Å²) in [5.41, 5.74) is 0.979. The molecule has 0 unspecified atom stereocenters. The van der Waals surface area contributed by atoms with Crippen LogP contribution in [-0.2, 0) is 11.3 Å². The van der Waals surface area contributed by atoms with Crippen LogP contribution in [-0.4, -0.2) is 32.0 Å². The van der Waals surface area contributed by atoms with E-state index in [1.165, 1.54) is 0 Å². The van der Waals surface area contributed by atoms with Gasteiger partial charge < -0.3 is 16.0 Å². The summed E-state index contributed by atoms with van der Waals surface area (Å²) in [7, 11) is 1.66. The maximum atomic E-state index is 11.5. The number of amides is 1. The summed E-state index contributed by atoms with van der Waals surface area (Å²) in [4.78, 5) is 15.5. The Kier molecular flexibility index (Phi) is 11.1. The summed E-state index contributed by atoms with van der Waals surface area (Å²) in [5, 5.41) is 9.56. The Balaban J connectivity index is 0.00000400. The zero-order valence-electron chi connectivity index (χ0n) is 12.3. The highest BCUT2D eigenvalue weighted by Crippen LogP contribution is 2.13. The van der Waals surface area contributed by atoms with Gasteiger partial charge in [0.15, 0.2) is 5.96 Å². The topological polar surface area (TPSA) is 65.5 Å². The van der Waals surface area contributed by atoms with E-state index >= 15 is 0 Å². The minimum absolute atomic E-state index is 0. The largest absolute Gasteiger partial charge is 0.355 e. The Morgan fingerprint density at radius 2 is 1.95 bits per heavy atom. The molecule has 0 heterocycles. The first-order valence-corrected chi connectivity index (χ1v) is 6.99. The molecule has 0 aliphatic heterocycles. The van der Waals surface area contributed by atoms with Gasteiger partial charge >= 0.3 is 0 Å². The van der Waals surface area contributed by atoms with E-state index in [9.17, 15) is 4.79 Å². The van der Waals surface area contributed by atoms with Gasteiger partial charge in [-0.2, -0.15) is 0 Å². The average Bonchev–Trinajstić information content (AvgIpc) is 2.46. The van der Waals surface area contributed by atoms with Crippen LogP contribution in [0, 0.1) is 0 Å². The van der Waals surface area contributed by atoms with Crippen molar-refractivity contribution in [3.63, 3.8) is 0 Å². The second-order valence-corrected chi connectivity index (χ2v) is 4.63. The molecule has 1 amide bonds. The van der Waals surface area contributed by atoms with Crippen LogP contribution in [0.1, 0.15) is 18.9 Å². The van der Waals surface area contributed by atoms with Crippen LogP contribution < -0.4 is 16.0 Å². The fourth-order valence-electron chi connectivity index (χ4n) is 1.53. The molecule has 1 aromatic carbocycles. The lowest BCUT2D eigenvalue weighted by Crippen LogP contribution is -2.43. The molecular formula is C14H22ClIN4O. The number of hydrogen-bond donors (Lipinski definition) is 3.